The molecule has 1 saturated carbocycles. The highest BCUT2D eigenvalue weighted by atomic mass is 32.2. The molecular formula is C18H22N2O3S. The number of imide groups is 1. The molecule has 1 aliphatic carbocycles. The van der Waals surface area contributed by atoms with E-state index in [1.54, 1.807) is 11.8 Å². The zero-order valence-corrected chi connectivity index (χ0v) is 14.4. The predicted octanol–water partition coefficient (Wildman–Crippen LogP) is 2.07. The van der Waals surface area contributed by atoms with Crippen LogP contribution in [-0.4, -0.2) is 41.5 Å². The highest BCUT2D eigenvalue weighted by Crippen LogP contribution is 2.37. The first-order chi connectivity index (χ1) is 11.7. The minimum atomic E-state index is -0.260. The van der Waals surface area contributed by atoms with Crippen LogP contribution < -0.4 is 5.32 Å². The van der Waals surface area contributed by atoms with E-state index in [2.05, 4.69) is 5.32 Å². The van der Waals surface area contributed by atoms with Crippen molar-refractivity contribution in [1.29, 1.82) is 0 Å². The Bertz CT molecular complexity index is 596. The number of amides is 3. The molecule has 0 bridgehead atoms. The number of hydrogen-bond donors (Lipinski definition) is 1. The van der Waals surface area contributed by atoms with E-state index in [9.17, 15) is 14.4 Å². The molecule has 0 radical (unpaired) electrons. The van der Waals surface area contributed by atoms with Gasteiger partial charge in [0, 0.05) is 17.2 Å². The van der Waals surface area contributed by atoms with Gasteiger partial charge in [0.05, 0.1) is 11.8 Å². The van der Waals surface area contributed by atoms with Gasteiger partial charge >= 0.3 is 0 Å². The van der Waals surface area contributed by atoms with Crippen molar-refractivity contribution in [3.63, 3.8) is 0 Å². The minimum absolute atomic E-state index is 0.138. The SMILES string of the molecule is O=C(CN1C(=O)C2CCCCC2C1=O)NCCSc1ccccc1. The largest absolute Gasteiger partial charge is 0.354 e. The third kappa shape index (κ3) is 3.80. The molecule has 2 aliphatic rings. The van der Waals surface area contributed by atoms with Crippen LogP contribution in [0.4, 0.5) is 0 Å². The fourth-order valence-electron chi connectivity index (χ4n) is 3.46. The van der Waals surface area contributed by atoms with Gasteiger partial charge in [0.25, 0.3) is 0 Å². The number of likely N-dealkylation sites (tertiary alicyclic amines) is 1. The Labute approximate surface area is 146 Å². The lowest BCUT2D eigenvalue weighted by Gasteiger charge is -2.19. The van der Waals surface area contributed by atoms with E-state index in [0.717, 1.165) is 36.3 Å². The summed E-state index contributed by atoms with van der Waals surface area (Å²) >= 11 is 1.66. The predicted molar refractivity (Wildman–Crippen MR) is 92.3 cm³/mol. The van der Waals surface area contributed by atoms with Gasteiger partial charge in [-0.25, -0.2) is 0 Å². The van der Waals surface area contributed by atoms with E-state index in [0.29, 0.717) is 6.54 Å². The van der Waals surface area contributed by atoms with E-state index in [-0.39, 0.29) is 36.1 Å². The molecule has 1 N–H and O–H groups in total. The van der Waals surface area contributed by atoms with E-state index in [1.165, 1.54) is 4.90 Å². The standard InChI is InChI=1S/C18H22N2O3S/c21-16(19-10-11-24-13-6-2-1-3-7-13)12-20-17(22)14-8-4-5-9-15(14)18(20)23/h1-3,6-7,14-15H,4-5,8-12H2,(H,19,21). The third-order valence-electron chi connectivity index (χ3n) is 4.67. The Morgan fingerprint density at radius 2 is 1.71 bits per heavy atom. The maximum Gasteiger partial charge on any atom is 0.240 e. The molecule has 2 unspecified atom stereocenters. The second-order valence-corrected chi connectivity index (χ2v) is 7.44. The van der Waals surface area contributed by atoms with Crippen molar-refractivity contribution in [3.8, 4) is 0 Å². The number of rotatable bonds is 6. The van der Waals surface area contributed by atoms with Gasteiger partial charge in [-0.2, -0.15) is 0 Å². The van der Waals surface area contributed by atoms with Crippen LogP contribution in [0, 0.1) is 11.8 Å². The average Bonchev–Trinajstić information content (AvgIpc) is 2.85. The second-order valence-electron chi connectivity index (χ2n) is 6.27. The molecule has 1 saturated heterocycles. The van der Waals surface area contributed by atoms with Gasteiger partial charge in [-0.3, -0.25) is 19.3 Å². The Hall–Kier alpha value is -1.82. The van der Waals surface area contributed by atoms with Crippen LogP contribution in [0.25, 0.3) is 0 Å². The molecule has 1 aromatic carbocycles. The normalized spacial score (nSPS) is 23.2. The fourth-order valence-corrected chi connectivity index (χ4v) is 4.25. The molecule has 1 aromatic rings. The van der Waals surface area contributed by atoms with Gasteiger partial charge < -0.3 is 5.32 Å². The van der Waals surface area contributed by atoms with Crippen molar-refractivity contribution in [3.05, 3.63) is 30.3 Å². The van der Waals surface area contributed by atoms with Gasteiger partial charge in [0.15, 0.2) is 0 Å². The second kappa shape index (κ2) is 7.83. The van der Waals surface area contributed by atoms with E-state index in [1.807, 2.05) is 30.3 Å². The summed E-state index contributed by atoms with van der Waals surface area (Å²) in [5, 5.41) is 2.80. The number of hydrogen-bond acceptors (Lipinski definition) is 4. The third-order valence-corrected chi connectivity index (χ3v) is 5.68. The summed E-state index contributed by atoms with van der Waals surface area (Å²) in [7, 11) is 0. The first-order valence-corrected chi connectivity index (χ1v) is 9.45. The highest BCUT2D eigenvalue weighted by molar-refractivity contribution is 7.99. The van der Waals surface area contributed by atoms with Crippen molar-refractivity contribution in [2.75, 3.05) is 18.8 Å². The first-order valence-electron chi connectivity index (χ1n) is 8.46. The van der Waals surface area contributed by atoms with E-state index >= 15 is 0 Å². The summed E-state index contributed by atoms with van der Waals surface area (Å²) in [5.74, 6) is -0.190. The summed E-state index contributed by atoms with van der Waals surface area (Å²) in [4.78, 5) is 39.0. The van der Waals surface area contributed by atoms with Crippen molar-refractivity contribution < 1.29 is 14.4 Å². The van der Waals surface area contributed by atoms with Crippen molar-refractivity contribution in [2.24, 2.45) is 11.8 Å². The molecule has 1 heterocycles. The zero-order chi connectivity index (χ0) is 16.9. The maximum atomic E-state index is 12.3. The van der Waals surface area contributed by atoms with Gasteiger partial charge in [-0.1, -0.05) is 31.0 Å². The number of thioether (sulfide) groups is 1. The molecule has 2 fully saturated rings. The number of benzene rings is 1. The fraction of sp³-hybridized carbons (Fsp3) is 0.500. The number of carbonyl (C=O) groups is 3. The van der Waals surface area contributed by atoms with Crippen LogP contribution in [0.1, 0.15) is 25.7 Å². The monoisotopic (exact) mass is 346 g/mol. The van der Waals surface area contributed by atoms with Crippen LogP contribution >= 0.6 is 11.8 Å². The number of nitrogens with one attached hydrogen (secondary N) is 1. The summed E-state index contributed by atoms with van der Waals surface area (Å²) in [6, 6.07) is 9.97. The van der Waals surface area contributed by atoms with Crippen LogP contribution in [-0.2, 0) is 14.4 Å². The lowest BCUT2D eigenvalue weighted by molar-refractivity contribution is -0.143. The molecule has 128 valence electrons. The van der Waals surface area contributed by atoms with Crippen LogP contribution in [0.2, 0.25) is 0 Å². The quantitative estimate of drug-likeness (QED) is 0.486. The Balaban J connectivity index is 1.43. The molecule has 0 spiro atoms. The molecule has 0 aromatic heterocycles. The summed E-state index contributed by atoms with van der Waals surface area (Å²) in [6.07, 6.45) is 3.55. The maximum absolute atomic E-state index is 12.3. The van der Waals surface area contributed by atoms with Crippen molar-refractivity contribution in [1.82, 2.24) is 10.2 Å². The molecule has 24 heavy (non-hydrogen) atoms. The Kier molecular flexibility index (Phi) is 5.56. The number of carbonyl (C=O) groups excluding carboxylic acids is 3. The van der Waals surface area contributed by atoms with E-state index < -0.39 is 0 Å². The molecule has 3 amide bonds. The van der Waals surface area contributed by atoms with Crippen LogP contribution in [0.15, 0.2) is 35.2 Å². The van der Waals surface area contributed by atoms with Gasteiger partial charge in [0.1, 0.15) is 6.54 Å². The van der Waals surface area contributed by atoms with Crippen molar-refractivity contribution in [2.45, 2.75) is 30.6 Å². The molecule has 3 rings (SSSR count). The number of fused-ring (bicyclic) bond motifs is 1. The molecule has 6 heteroatoms. The zero-order valence-electron chi connectivity index (χ0n) is 13.6. The molecule has 2 atom stereocenters. The first kappa shape index (κ1) is 17.0. The van der Waals surface area contributed by atoms with Crippen LogP contribution in [0.3, 0.4) is 0 Å². The summed E-state index contributed by atoms with van der Waals surface area (Å²) in [6.45, 7) is 0.377. The lowest BCUT2D eigenvalue weighted by atomic mass is 9.81. The van der Waals surface area contributed by atoms with Gasteiger partial charge in [-0.15, -0.1) is 11.8 Å². The smallest absolute Gasteiger partial charge is 0.240 e. The van der Waals surface area contributed by atoms with Crippen molar-refractivity contribution >= 4 is 29.5 Å². The molecule has 1 aliphatic heterocycles. The lowest BCUT2D eigenvalue weighted by Crippen LogP contribution is -2.41. The average molecular weight is 346 g/mol. The van der Waals surface area contributed by atoms with E-state index in [4.69, 9.17) is 0 Å². The topological polar surface area (TPSA) is 66.5 Å². The molecule has 5 nitrogen and oxygen atoms in total. The molecular weight excluding hydrogens is 324 g/mol. The summed E-state index contributed by atoms with van der Waals surface area (Å²) < 4.78 is 0. The van der Waals surface area contributed by atoms with Crippen LogP contribution in [0.5, 0.6) is 0 Å². The Morgan fingerprint density at radius 3 is 2.33 bits per heavy atom. The minimum Gasteiger partial charge on any atom is -0.354 e. The highest BCUT2D eigenvalue weighted by Gasteiger charge is 2.48. The van der Waals surface area contributed by atoms with Gasteiger partial charge in [-0.05, 0) is 25.0 Å². The number of nitrogens with zero attached hydrogens (tertiary/aromatic N) is 1. The summed E-state index contributed by atoms with van der Waals surface area (Å²) in [5.41, 5.74) is 0. The van der Waals surface area contributed by atoms with Gasteiger partial charge in [0.2, 0.25) is 17.7 Å². The Morgan fingerprint density at radius 1 is 1.08 bits per heavy atom.